The SMILES string of the molecule is CCOC(=O)N1CCN(c2cncc(NN)n2)CC1. The van der Waals surface area contributed by atoms with Gasteiger partial charge in [-0.25, -0.2) is 15.6 Å². The van der Waals surface area contributed by atoms with Gasteiger partial charge in [-0.1, -0.05) is 0 Å². The van der Waals surface area contributed by atoms with Gasteiger partial charge in [0.05, 0.1) is 19.0 Å². The molecule has 8 heteroatoms. The van der Waals surface area contributed by atoms with Crippen LogP contribution in [0, 0.1) is 0 Å². The molecule has 0 saturated carbocycles. The summed E-state index contributed by atoms with van der Waals surface area (Å²) in [5.74, 6) is 6.57. The van der Waals surface area contributed by atoms with Gasteiger partial charge < -0.3 is 20.0 Å². The molecular weight excluding hydrogens is 248 g/mol. The number of ether oxygens (including phenoxy) is 1. The molecule has 2 heterocycles. The fourth-order valence-electron chi connectivity index (χ4n) is 1.91. The Labute approximate surface area is 111 Å². The first-order chi connectivity index (χ1) is 9.24. The molecule has 1 aliphatic rings. The predicted molar refractivity (Wildman–Crippen MR) is 70.7 cm³/mol. The average Bonchev–Trinajstić information content (AvgIpc) is 2.48. The molecule has 8 nitrogen and oxygen atoms in total. The van der Waals surface area contributed by atoms with Gasteiger partial charge in [-0.3, -0.25) is 4.98 Å². The number of nitrogens with zero attached hydrogens (tertiary/aromatic N) is 4. The van der Waals surface area contributed by atoms with Crippen LogP contribution in [0.4, 0.5) is 16.4 Å². The molecule has 1 aromatic heterocycles. The Kier molecular flexibility index (Phi) is 4.35. The second-order valence-corrected chi connectivity index (χ2v) is 4.08. The van der Waals surface area contributed by atoms with Crippen LogP contribution in [-0.4, -0.2) is 53.7 Å². The second-order valence-electron chi connectivity index (χ2n) is 4.08. The Morgan fingerprint density at radius 1 is 1.42 bits per heavy atom. The molecule has 19 heavy (non-hydrogen) atoms. The molecule has 3 N–H and O–H groups in total. The molecule has 104 valence electrons. The Morgan fingerprint density at radius 2 is 2.16 bits per heavy atom. The van der Waals surface area contributed by atoms with E-state index in [1.807, 2.05) is 0 Å². The molecule has 0 bridgehead atoms. The van der Waals surface area contributed by atoms with Gasteiger partial charge in [0, 0.05) is 26.2 Å². The summed E-state index contributed by atoms with van der Waals surface area (Å²) >= 11 is 0. The highest BCUT2D eigenvalue weighted by atomic mass is 16.6. The van der Waals surface area contributed by atoms with E-state index in [1.54, 1.807) is 24.2 Å². The highest BCUT2D eigenvalue weighted by Gasteiger charge is 2.22. The van der Waals surface area contributed by atoms with Gasteiger partial charge in [-0.05, 0) is 6.92 Å². The van der Waals surface area contributed by atoms with Crippen LogP contribution in [0.1, 0.15) is 6.92 Å². The minimum absolute atomic E-state index is 0.259. The molecule has 2 rings (SSSR count). The normalized spacial score (nSPS) is 15.3. The van der Waals surface area contributed by atoms with Crippen molar-refractivity contribution >= 4 is 17.7 Å². The molecule has 0 radical (unpaired) electrons. The van der Waals surface area contributed by atoms with Gasteiger partial charge in [-0.15, -0.1) is 0 Å². The highest BCUT2D eigenvalue weighted by Crippen LogP contribution is 2.14. The van der Waals surface area contributed by atoms with E-state index < -0.39 is 0 Å². The number of nitrogens with two attached hydrogens (primary N) is 1. The quantitative estimate of drug-likeness (QED) is 0.589. The topological polar surface area (TPSA) is 96.6 Å². The third-order valence-electron chi connectivity index (χ3n) is 2.90. The Balaban J connectivity index is 1.94. The van der Waals surface area contributed by atoms with Crippen molar-refractivity contribution in [2.75, 3.05) is 43.1 Å². The molecule has 0 aliphatic carbocycles. The van der Waals surface area contributed by atoms with Crippen LogP contribution >= 0.6 is 0 Å². The summed E-state index contributed by atoms with van der Waals surface area (Å²) in [6.07, 6.45) is 2.98. The molecule has 0 unspecified atom stereocenters. The van der Waals surface area contributed by atoms with Crippen LogP contribution < -0.4 is 16.2 Å². The fourth-order valence-corrected chi connectivity index (χ4v) is 1.91. The van der Waals surface area contributed by atoms with E-state index >= 15 is 0 Å². The zero-order valence-electron chi connectivity index (χ0n) is 10.9. The summed E-state index contributed by atoms with van der Waals surface area (Å²) in [5.41, 5.74) is 2.47. The van der Waals surface area contributed by atoms with Crippen LogP contribution in [0.2, 0.25) is 0 Å². The summed E-state index contributed by atoms with van der Waals surface area (Å²) in [5, 5.41) is 0. The summed E-state index contributed by atoms with van der Waals surface area (Å²) in [7, 11) is 0. The van der Waals surface area contributed by atoms with Crippen molar-refractivity contribution in [3.8, 4) is 0 Å². The molecule has 1 aromatic rings. The number of amides is 1. The third-order valence-corrected chi connectivity index (χ3v) is 2.90. The Hall–Kier alpha value is -2.09. The smallest absolute Gasteiger partial charge is 0.409 e. The monoisotopic (exact) mass is 266 g/mol. The zero-order valence-corrected chi connectivity index (χ0v) is 10.9. The number of carbonyl (C=O) groups excluding carboxylic acids is 1. The van der Waals surface area contributed by atoms with Gasteiger partial charge in [-0.2, -0.15) is 0 Å². The number of hydrogen-bond donors (Lipinski definition) is 2. The first kappa shape index (κ1) is 13.3. The van der Waals surface area contributed by atoms with E-state index in [9.17, 15) is 4.79 Å². The molecular formula is C11H18N6O2. The van der Waals surface area contributed by atoms with Crippen molar-refractivity contribution in [2.24, 2.45) is 5.84 Å². The lowest BCUT2D eigenvalue weighted by atomic mass is 10.3. The Bertz CT molecular complexity index is 433. The number of nitrogens with one attached hydrogen (secondary N) is 1. The number of piperazine rings is 1. The van der Waals surface area contributed by atoms with Crippen molar-refractivity contribution in [2.45, 2.75) is 6.92 Å². The van der Waals surface area contributed by atoms with Crippen LogP contribution in [0.5, 0.6) is 0 Å². The molecule has 0 spiro atoms. The van der Waals surface area contributed by atoms with E-state index in [1.165, 1.54) is 0 Å². The van der Waals surface area contributed by atoms with Gasteiger partial charge >= 0.3 is 6.09 Å². The number of anilines is 2. The first-order valence-electron chi connectivity index (χ1n) is 6.20. The summed E-state index contributed by atoms with van der Waals surface area (Å²) in [6.45, 7) is 4.81. The lowest BCUT2D eigenvalue weighted by molar-refractivity contribution is 0.105. The minimum atomic E-state index is -0.259. The van der Waals surface area contributed by atoms with E-state index in [-0.39, 0.29) is 6.09 Å². The molecule has 0 atom stereocenters. The molecule has 0 aromatic carbocycles. The number of hydrogen-bond acceptors (Lipinski definition) is 7. The lowest BCUT2D eigenvalue weighted by Gasteiger charge is -2.34. The third kappa shape index (κ3) is 3.22. The number of carbonyl (C=O) groups is 1. The van der Waals surface area contributed by atoms with Crippen LogP contribution in [0.3, 0.4) is 0 Å². The van der Waals surface area contributed by atoms with Crippen LogP contribution in [-0.2, 0) is 4.74 Å². The number of hydrazine groups is 1. The van der Waals surface area contributed by atoms with Crippen LogP contribution in [0.15, 0.2) is 12.4 Å². The van der Waals surface area contributed by atoms with Gasteiger partial charge in [0.2, 0.25) is 0 Å². The fraction of sp³-hybridized carbons (Fsp3) is 0.545. The minimum Gasteiger partial charge on any atom is -0.450 e. The van der Waals surface area contributed by atoms with E-state index in [0.717, 1.165) is 5.82 Å². The van der Waals surface area contributed by atoms with Crippen molar-refractivity contribution < 1.29 is 9.53 Å². The standard InChI is InChI=1S/C11H18N6O2/c1-2-19-11(18)17-5-3-16(4-6-17)10-8-13-7-9(14-10)15-12/h7-8H,2-6,12H2,1H3,(H,14,15). The first-order valence-corrected chi connectivity index (χ1v) is 6.20. The maximum absolute atomic E-state index is 11.6. The number of aromatic nitrogens is 2. The Morgan fingerprint density at radius 3 is 2.79 bits per heavy atom. The van der Waals surface area contributed by atoms with Crippen LogP contribution in [0.25, 0.3) is 0 Å². The summed E-state index contributed by atoms with van der Waals surface area (Å²) < 4.78 is 4.97. The van der Waals surface area contributed by atoms with Crippen molar-refractivity contribution in [1.82, 2.24) is 14.9 Å². The maximum atomic E-state index is 11.6. The van der Waals surface area contributed by atoms with E-state index in [2.05, 4.69) is 20.3 Å². The lowest BCUT2D eigenvalue weighted by Crippen LogP contribution is -2.49. The van der Waals surface area contributed by atoms with Gasteiger partial charge in [0.1, 0.15) is 5.82 Å². The van der Waals surface area contributed by atoms with Gasteiger partial charge in [0.15, 0.2) is 5.82 Å². The molecule has 1 saturated heterocycles. The number of nitrogen functional groups attached to an aromatic ring is 1. The maximum Gasteiger partial charge on any atom is 0.409 e. The predicted octanol–water partition coefficient (Wildman–Crippen LogP) is 0.0407. The summed E-state index contributed by atoms with van der Waals surface area (Å²) in [6, 6.07) is 0. The van der Waals surface area contributed by atoms with Crippen molar-refractivity contribution in [1.29, 1.82) is 0 Å². The second kappa shape index (κ2) is 6.19. The average molecular weight is 266 g/mol. The van der Waals surface area contributed by atoms with Crippen molar-refractivity contribution in [3.05, 3.63) is 12.4 Å². The van der Waals surface area contributed by atoms with Crippen molar-refractivity contribution in [3.63, 3.8) is 0 Å². The highest BCUT2D eigenvalue weighted by molar-refractivity contribution is 5.68. The van der Waals surface area contributed by atoms with E-state index in [4.69, 9.17) is 10.6 Å². The zero-order chi connectivity index (χ0) is 13.7. The molecule has 1 aliphatic heterocycles. The van der Waals surface area contributed by atoms with E-state index in [0.29, 0.717) is 38.6 Å². The van der Waals surface area contributed by atoms with Gasteiger partial charge in [0.25, 0.3) is 0 Å². The molecule has 1 fully saturated rings. The molecule has 1 amide bonds. The summed E-state index contributed by atoms with van der Waals surface area (Å²) in [4.78, 5) is 23.7. The number of rotatable bonds is 3. The largest absolute Gasteiger partial charge is 0.450 e.